The predicted octanol–water partition coefficient (Wildman–Crippen LogP) is 0.825. The minimum atomic E-state index is -0.199. The van der Waals surface area contributed by atoms with E-state index in [1.165, 1.54) is 6.33 Å². The first-order valence-electron chi connectivity index (χ1n) is 7.87. The van der Waals surface area contributed by atoms with E-state index in [0.29, 0.717) is 16.8 Å². The van der Waals surface area contributed by atoms with Gasteiger partial charge in [0.15, 0.2) is 5.11 Å². The molecule has 0 fully saturated rings. The third-order valence-corrected chi connectivity index (χ3v) is 3.90. The lowest BCUT2D eigenvalue weighted by Gasteiger charge is -2.14. The van der Waals surface area contributed by atoms with Crippen LogP contribution in [0.15, 0.2) is 6.33 Å². The number of aromatic nitrogens is 4. The van der Waals surface area contributed by atoms with Gasteiger partial charge in [-0.3, -0.25) is 15.6 Å². The highest BCUT2D eigenvalue weighted by Crippen LogP contribution is 2.13. The molecule has 0 atom stereocenters. The molecule has 0 aliphatic carbocycles. The Morgan fingerprint density at radius 2 is 2.08 bits per heavy atom. The molecule has 2 aromatic rings. The number of nitrogens with zero attached hydrogens (tertiary/aromatic N) is 4. The van der Waals surface area contributed by atoms with Crippen LogP contribution in [0.4, 0.5) is 0 Å². The van der Waals surface area contributed by atoms with Crippen molar-refractivity contribution < 1.29 is 4.79 Å². The molecule has 0 bridgehead atoms. The summed E-state index contributed by atoms with van der Waals surface area (Å²) in [5.74, 6) is 0.929. The summed E-state index contributed by atoms with van der Waals surface area (Å²) in [4.78, 5) is 20.6. The summed E-state index contributed by atoms with van der Waals surface area (Å²) in [6.07, 6.45) is 2.64. The van der Waals surface area contributed by atoms with Crippen molar-refractivity contribution in [2.75, 3.05) is 6.54 Å². The fourth-order valence-electron chi connectivity index (χ4n) is 2.26. The smallest absolute Gasteiger partial charge is 0.252 e. The van der Waals surface area contributed by atoms with Gasteiger partial charge in [0.05, 0.1) is 6.42 Å². The molecule has 0 unspecified atom stereocenters. The van der Waals surface area contributed by atoms with E-state index in [-0.39, 0.29) is 12.3 Å². The van der Waals surface area contributed by atoms with E-state index in [4.69, 9.17) is 12.2 Å². The van der Waals surface area contributed by atoms with Crippen molar-refractivity contribution in [3.8, 4) is 0 Å². The van der Waals surface area contributed by atoms with Crippen LogP contribution in [0.1, 0.15) is 37.2 Å². The van der Waals surface area contributed by atoms with E-state index in [2.05, 4.69) is 45.1 Å². The summed E-state index contributed by atoms with van der Waals surface area (Å²) in [6, 6.07) is 0. The van der Waals surface area contributed by atoms with E-state index in [9.17, 15) is 4.79 Å². The maximum absolute atomic E-state index is 12.1. The normalized spacial score (nSPS) is 10.9. The highest BCUT2D eigenvalue weighted by Gasteiger charge is 2.14. The number of nitrogens with one attached hydrogen (secondary N) is 3. The van der Waals surface area contributed by atoms with E-state index in [1.54, 1.807) is 4.52 Å². The summed E-state index contributed by atoms with van der Waals surface area (Å²) in [5, 5.41) is 7.57. The monoisotopic (exact) mass is 349 g/mol. The third-order valence-electron chi connectivity index (χ3n) is 3.65. The molecule has 2 heterocycles. The van der Waals surface area contributed by atoms with Gasteiger partial charge in [0.1, 0.15) is 6.33 Å². The fraction of sp³-hybridized carbons (Fsp3) is 0.533. The number of rotatable bonds is 5. The molecular weight excluding hydrogens is 326 g/mol. The SMILES string of the molecule is Cc1nc2ncnn2c(C)c1CC(=O)NNC(=S)NCCC(C)C. The molecule has 0 aliphatic rings. The number of hydrogen-bond acceptors (Lipinski definition) is 5. The van der Waals surface area contributed by atoms with Crippen LogP contribution in [0.2, 0.25) is 0 Å². The second-order valence-electron chi connectivity index (χ2n) is 6.02. The van der Waals surface area contributed by atoms with Crippen LogP contribution < -0.4 is 16.2 Å². The van der Waals surface area contributed by atoms with Gasteiger partial charge in [-0.05, 0) is 38.4 Å². The average molecular weight is 349 g/mol. The van der Waals surface area contributed by atoms with Crippen LogP contribution in [0, 0.1) is 19.8 Å². The number of aryl methyl sites for hydroxylation is 2. The van der Waals surface area contributed by atoms with Crippen LogP contribution >= 0.6 is 12.2 Å². The molecule has 0 spiro atoms. The summed E-state index contributed by atoms with van der Waals surface area (Å²) in [5.41, 5.74) is 7.75. The molecule has 24 heavy (non-hydrogen) atoms. The molecule has 0 saturated carbocycles. The first-order chi connectivity index (χ1) is 11.4. The van der Waals surface area contributed by atoms with E-state index >= 15 is 0 Å². The van der Waals surface area contributed by atoms with Gasteiger partial charge in [0.2, 0.25) is 5.91 Å². The number of carbonyl (C=O) groups is 1. The maximum atomic E-state index is 12.1. The molecule has 2 rings (SSSR count). The second-order valence-corrected chi connectivity index (χ2v) is 6.43. The van der Waals surface area contributed by atoms with Crippen LogP contribution in [0.3, 0.4) is 0 Å². The van der Waals surface area contributed by atoms with Gasteiger partial charge < -0.3 is 5.32 Å². The zero-order valence-electron chi connectivity index (χ0n) is 14.4. The standard InChI is InChI=1S/C15H23N7OS/c1-9(2)5-6-16-15(24)21-20-13(23)7-12-10(3)19-14-17-8-18-22(14)11(12)4/h8-9H,5-7H2,1-4H3,(H,20,23)(H2,16,21,24). The number of hydrogen-bond donors (Lipinski definition) is 3. The second kappa shape index (κ2) is 8.00. The number of fused-ring (bicyclic) bond motifs is 1. The van der Waals surface area contributed by atoms with Crippen molar-refractivity contribution in [1.29, 1.82) is 0 Å². The number of thiocarbonyl (C=S) groups is 1. The molecule has 3 N–H and O–H groups in total. The molecule has 0 saturated heterocycles. The highest BCUT2D eigenvalue weighted by molar-refractivity contribution is 7.80. The Morgan fingerprint density at radius 1 is 1.33 bits per heavy atom. The molecule has 130 valence electrons. The van der Waals surface area contributed by atoms with E-state index < -0.39 is 0 Å². The Bertz CT molecular complexity index is 741. The van der Waals surface area contributed by atoms with Gasteiger partial charge in [-0.15, -0.1) is 0 Å². The topological polar surface area (TPSA) is 96.2 Å². The first-order valence-corrected chi connectivity index (χ1v) is 8.27. The summed E-state index contributed by atoms with van der Waals surface area (Å²) in [6.45, 7) is 8.81. The van der Waals surface area contributed by atoms with Gasteiger partial charge in [-0.25, -0.2) is 9.50 Å². The van der Waals surface area contributed by atoms with Crippen molar-refractivity contribution in [3.05, 3.63) is 23.3 Å². The Kier molecular flexibility index (Phi) is 6.02. The molecule has 8 nitrogen and oxygen atoms in total. The Hall–Kier alpha value is -2.29. The molecule has 9 heteroatoms. The van der Waals surface area contributed by atoms with Crippen LogP contribution in [-0.2, 0) is 11.2 Å². The summed E-state index contributed by atoms with van der Waals surface area (Å²) in [7, 11) is 0. The quantitative estimate of drug-likeness (QED) is 0.543. The Labute approximate surface area is 146 Å². The summed E-state index contributed by atoms with van der Waals surface area (Å²) < 4.78 is 1.63. The van der Waals surface area contributed by atoms with Gasteiger partial charge in [0.25, 0.3) is 5.78 Å². The Balaban J connectivity index is 1.90. The molecule has 2 aromatic heterocycles. The minimum absolute atomic E-state index is 0.183. The maximum Gasteiger partial charge on any atom is 0.252 e. The molecule has 0 radical (unpaired) electrons. The van der Waals surface area contributed by atoms with Crippen LogP contribution in [0.5, 0.6) is 0 Å². The lowest BCUT2D eigenvalue weighted by atomic mass is 10.1. The largest absolute Gasteiger partial charge is 0.361 e. The minimum Gasteiger partial charge on any atom is -0.361 e. The van der Waals surface area contributed by atoms with Crippen molar-refractivity contribution >= 4 is 29.0 Å². The highest BCUT2D eigenvalue weighted by atomic mass is 32.1. The van der Waals surface area contributed by atoms with Gasteiger partial charge in [0, 0.05) is 23.5 Å². The van der Waals surface area contributed by atoms with Crippen LogP contribution in [0.25, 0.3) is 5.78 Å². The zero-order chi connectivity index (χ0) is 17.7. The van der Waals surface area contributed by atoms with Gasteiger partial charge >= 0.3 is 0 Å². The number of hydrazine groups is 1. The zero-order valence-corrected chi connectivity index (χ0v) is 15.2. The predicted molar refractivity (Wildman–Crippen MR) is 95.3 cm³/mol. The average Bonchev–Trinajstić information content (AvgIpc) is 2.97. The van der Waals surface area contributed by atoms with E-state index in [1.807, 2.05) is 13.8 Å². The van der Waals surface area contributed by atoms with Crippen LogP contribution in [-0.4, -0.2) is 37.1 Å². The van der Waals surface area contributed by atoms with Gasteiger partial charge in [-0.2, -0.15) is 10.1 Å². The third kappa shape index (κ3) is 4.60. The van der Waals surface area contributed by atoms with E-state index in [0.717, 1.165) is 29.9 Å². The molecule has 0 aromatic carbocycles. The molecular formula is C15H23N7OS. The Morgan fingerprint density at radius 3 is 2.79 bits per heavy atom. The number of carbonyl (C=O) groups excluding carboxylic acids is 1. The first kappa shape index (κ1) is 18.1. The molecule has 0 aliphatic heterocycles. The number of amides is 1. The fourth-order valence-corrected chi connectivity index (χ4v) is 2.41. The molecule has 1 amide bonds. The van der Waals surface area contributed by atoms with Gasteiger partial charge in [-0.1, -0.05) is 13.8 Å². The van der Waals surface area contributed by atoms with Crippen molar-refractivity contribution in [2.45, 2.75) is 40.5 Å². The van der Waals surface area contributed by atoms with Crippen molar-refractivity contribution in [2.24, 2.45) is 5.92 Å². The van der Waals surface area contributed by atoms with Crippen molar-refractivity contribution in [1.82, 2.24) is 35.8 Å². The lowest BCUT2D eigenvalue weighted by molar-refractivity contribution is -0.121. The lowest BCUT2D eigenvalue weighted by Crippen LogP contribution is -2.47. The summed E-state index contributed by atoms with van der Waals surface area (Å²) >= 11 is 5.12. The van der Waals surface area contributed by atoms with Crippen molar-refractivity contribution in [3.63, 3.8) is 0 Å².